The first kappa shape index (κ1) is 15.8. The van der Waals surface area contributed by atoms with Gasteiger partial charge in [-0.15, -0.1) is 11.3 Å². The Kier molecular flexibility index (Phi) is 4.24. The van der Waals surface area contributed by atoms with Gasteiger partial charge < -0.3 is 11.1 Å². The molecule has 1 aliphatic carbocycles. The molecule has 1 aromatic heterocycles. The smallest absolute Gasteiger partial charge is 0.251 e. The number of hydrogen-bond donors (Lipinski definition) is 2. The summed E-state index contributed by atoms with van der Waals surface area (Å²) < 4.78 is 0. The predicted octanol–water partition coefficient (Wildman–Crippen LogP) is 3.68. The van der Waals surface area contributed by atoms with Crippen molar-refractivity contribution in [3.63, 3.8) is 0 Å². The van der Waals surface area contributed by atoms with Crippen LogP contribution in [-0.4, -0.2) is 16.9 Å². The van der Waals surface area contributed by atoms with Crippen molar-refractivity contribution in [1.82, 2.24) is 10.3 Å². The zero-order chi connectivity index (χ0) is 17.2. The van der Waals surface area contributed by atoms with Crippen molar-refractivity contribution in [2.75, 3.05) is 5.73 Å². The number of carbonyl (C=O) groups is 1. The van der Waals surface area contributed by atoms with E-state index < -0.39 is 0 Å². The van der Waals surface area contributed by atoms with Gasteiger partial charge in [-0.3, -0.25) is 4.79 Å². The summed E-state index contributed by atoms with van der Waals surface area (Å²) in [6, 6.07) is 18.1. The van der Waals surface area contributed by atoms with Gasteiger partial charge in [-0.2, -0.15) is 0 Å². The fourth-order valence-electron chi connectivity index (χ4n) is 3.23. The molecule has 3 N–H and O–H groups in total. The second-order valence-electron chi connectivity index (χ2n) is 6.28. The Morgan fingerprint density at radius 3 is 2.56 bits per heavy atom. The molecule has 0 spiro atoms. The Bertz CT molecular complexity index is 887. The van der Waals surface area contributed by atoms with E-state index in [2.05, 4.69) is 22.4 Å². The third kappa shape index (κ3) is 3.42. The van der Waals surface area contributed by atoms with Crippen LogP contribution in [0.5, 0.6) is 0 Å². The van der Waals surface area contributed by atoms with Crippen LogP contribution in [0, 0.1) is 0 Å². The first-order valence-corrected chi connectivity index (χ1v) is 9.21. The zero-order valence-electron chi connectivity index (χ0n) is 13.7. The second-order valence-corrected chi connectivity index (χ2v) is 7.39. The summed E-state index contributed by atoms with van der Waals surface area (Å²) in [7, 11) is 0. The van der Waals surface area contributed by atoms with Crippen molar-refractivity contribution in [3.05, 3.63) is 70.7 Å². The van der Waals surface area contributed by atoms with Crippen LogP contribution in [0.25, 0.3) is 11.1 Å². The van der Waals surface area contributed by atoms with E-state index in [1.165, 1.54) is 16.2 Å². The van der Waals surface area contributed by atoms with Gasteiger partial charge in [-0.1, -0.05) is 42.5 Å². The van der Waals surface area contributed by atoms with Gasteiger partial charge in [0.25, 0.3) is 5.91 Å². The molecule has 0 radical (unpaired) electrons. The number of rotatable bonds is 3. The van der Waals surface area contributed by atoms with Crippen LogP contribution in [0.4, 0.5) is 5.13 Å². The summed E-state index contributed by atoms with van der Waals surface area (Å²) in [6.07, 6.45) is 2.60. The average Bonchev–Trinajstić information content (AvgIpc) is 3.02. The molecule has 1 atom stereocenters. The molecule has 0 fully saturated rings. The summed E-state index contributed by atoms with van der Waals surface area (Å²) in [6.45, 7) is 0. The lowest BCUT2D eigenvalue weighted by molar-refractivity contribution is 0.0934. The van der Waals surface area contributed by atoms with Gasteiger partial charge in [-0.05, 0) is 36.1 Å². The third-order valence-corrected chi connectivity index (χ3v) is 5.49. The molecule has 1 aliphatic rings. The number of aromatic nitrogens is 1. The molecule has 0 saturated heterocycles. The van der Waals surface area contributed by atoms with Gasteiger partial charge in [0.1, 0.15) is 0 Å². The SMILES string of the molecule is Nc1nc2c(s1)CC(NC(=O)c1ccc(-c3ccccc3)cc1)CC2. The van der Waals surface area contributed by atoms with E-state index in [0.29, 0.717) is 10.7 Å². The number of aryl methyl sites for hydroxylation is 1. The number of fused-ring (bicyclic) bond motifs is 1. The summed E-state index contributed by atoms with van der Waals surface area (Å²) in [5.41, 5.74) is 9.83. The number of amides is 1. The fraction of sp³-hybridized carbons (Fsp3) is 0.200. The van der Waals surface area contributed by atoms with Crippen LogP contribution in [0.1, 0.15) is 27.3 Å². The first-order chi connectivity index (χ1) is 12.2. The van der Waals surface area contributed by atoms with Crippen LogP contribution < -0.4 is 11.1 Å². The molecule has 1 unspecified atom stereocenters. The van der Waals surface area contributed by atoms with Gasteiger partial charge >= 0.3 is 0 Å². The topological polar surface area (TPSA) is 68.0 Å². The van der Waals surface area contributed by atoms with Crippen molar-refractivity contribution in [3.8, 4) is 11.1 Å². The molecular formula is C20H19N3OS. The molecule has 1 amide bonds. The quantitative estimate of drug-likeness (QED) is 0.758. The lowest BCUT2D eigenvalue weighted by atomic mass is 9.97. The molecule has 126 valence electrons. The van der Waals surface area contributed by atoms with Crippen LogP contribution in [0.15, 0.2) is 54.6 Å². The Morgan fingerprint density at radius 2 is 1.80 bits per heavy atom. The van der Waals surface area contributed by atoms with Crippen molar-refractivity contribution >= 4 is 22.4 Å². The summed E-state index contributed by atoms with van der Waals surface area (Å²) >= 11 is 1.53. The number of benzene rings is 2. The molecule has 5 heteroatoms. The highest BCUT2D eigenvalue weighted by molar-refractivity contribution is 7.15. The van der Waals surface area contributed by atoms with Crippen LogP contribution in [0.3, 0.4) is 0 Å². The lowest BCUT2D eigenvalue weighted by Gasteiger charge is -2.22. The maximum Gasteiger partial charge on any atom is 0.251 e. The monoisotopic (exact) mass is 349 g/mol. The standard InChI is InChI=1S/C20H19N3OS/c21-20-23-17-11-10-16(12-18(17)25-20)22-19(24)15-8-6-14(7-9-15)13-4-2-1-3-5-13/h1-9,16H,10-12H2,(H2,21,23)(H,22,24). The average molecular weight is 349 g/mol. The van der Waals surface area contributed by atoms with Crippen molar-refractivity contribution < 1.29 is 4.79 Å². The number of carbonyl (C=O) groups excluding carboxylic acids is 1. The van der Waals surface area contributed by atoms with E-state index in [4.69, 9.17) is 5.73 Å². The number of thiazole rings is 1. The minimum absolute atomic E-state index is 0.0226. The minimum Gasteiger partial charge on any atom is -0.375 e. The highest BCUT2D eigenvalue weighted by atomic mass is 32.1. The maximum absolute atomic E-state index is 12.5. The Labute approximate surface area is 150 Å². The first-order valence-electron chi connectivity index (χ1n) is 8.39. The van der Waals surface area contributed by atoms with Crippen molar-refractivity contribution in [2.45, 2.75) is 25.3 Å². The fourth-order valence-corrected chi connectivity index (χ4v) is 4.19. The lowest BCUT2D eigenvalue weighted by Crippen LogP contribution is -2.38. The highest BCUT2D eigenvalue weighted by Gasteiger charge is 2.23. The molecule has 3 aromatic rings. The number of nitrogens with zero attached hydrogens (tertiary/aromatic N) is 1. The van der Waals surface area contributed by atoms with Crippen molar-refractivity contribution in [1.29, 1.82) is 0 Å². The number of anilines is 1. The predicted molar refractivity (Wildman–Crippen MR) is 102 cm³/mol. The maximum atomic E-state index is 12.5. The van der Waals surface area contributed by atoms with E-state index >= 15 is 0 Å². The number of hydrogen-bond acceptors (Lipinski definition) is 4. The van der Waals surface area contributed by atoms with Crippen LogP contribution in [-0.2, 0) is 12.8 Å². The molecule has 25 heavy (non-hydrogen) atoms. The molecule has 1 heterocycles. The molecule has 4 nitrogen and oxygen atoms in total. The zero-order valence-corrected chi connectivity index (χ0v) is 14.6. The summed E-state index contributed by atoms with van der Waals surface area (Å²) in [5, 5.41) is 3.76. The molecular weight excluding hydrogens is 330 g/mol. The molecule has 0 bridgehead atoms. The largest absolute Gasteiger partial charge is 0.375 e. The summed E-state index contributed by atoms with van der Waals surface area (Å²) in [5.74, 6) is -0.0226. The van der Waals surface area contributed by atoms with Crippen molar-refractivity contribution in [2.24, 2.45) is 0 Å². The number of nitrogen functional groups attached to an aromatic ring is 1. The molecule has 0 aliphatic heterocycles. The molecule has 4 rings (SSSR count). The van der Waals surface area contributed by atoms with E-state index in [1.807, 2.05) is 42.5 Å². The normalized spacial score (nSPS) is 16.2. The second kappa shape index (κ2) is 6.69. The van der Waals surface area contributed by atoms with Gasteiger partial charge in [-0.25, -0.2) is 4.98 Å². The van der Waals surface area contributed by atoms with Gasteiger partial charge in [0, 0.05) is 22.9 Å². The summed E-state index contributed by atoms with van der Waals surface area (Å²) in [4.78, 5) is 18.1. The Balaban J connectivity index is 1.43. The number of nitrogens with two attached hydrogens (primary N) is 1. The highest BCUT2D eigenvalue weighted by Crippen LogP contribution is 2.28. The Hall–Kier alpha value is -2.66. The van der Waals surface area contributed by atoms with E-state index in [9.17, 15) is 4.79 Å². The minimum atomic E-state index is -0.0226. The van der Waals surface area contributed by atoms with E-state index in [1.54, 1.807) is 0 Å². The van der Waals surface area contributed by atoms with E-state index in [-0.39, 0.29) is 11.9 Å². The van der Waals surface area contributed by atoms with Gasteiger partial charge in [0.05, 0.1) is 5.69 Å². The van der Waals surface area contributed by atoms with Gasteiger partial charge in [0.15, 0.2) is 5.13 Å². The van der Waals surface area contributed by atoms with Crippen LogP contribution in [0.2, 0.25) is 0 Å². The molecule has 0 saturated carbocycles. The van der Waals surface area contributed by atoms with E-state index in [0.717, 1.165) is 36.1 Å². The number of nitrogens with one attached hydrogen (secondary N) is 1. The van der Waals surface area contributed by atoms with Gasteiger partial charge in [0.2, 0.25) is 0 Å². The van der Waals surface area contributed by atoms with Crippen LogP contribution >= 0.6 is 11.3 Å². The third-order valence-electron chi connectivity index (χ3n) is 4.55. The molecule has 2 aromatic carbocycles. The Morgan fingerprint density at radius 1 is 1.08 bits per heavy atom.